The molecule has 1 aliphatic heterocycles. The average Bonchev–Trinajstić information content (AvgIpc) is 3.25. The molecule has 1 aliphatic rings. The van der Waals surface area contributed by atoms with Crippen LogP contribution in [-0.4, -0.2) is 41.1 Å². The molecule has 0 fully saturated rings. The minimum atomic E-state index is -0.462. The summed E-state index contributed by atoms with van der Waals surface area (Å²) in [4.78, 5) is 21.4. The van der Waals surface area contributed by atoms with Crippen molar-refractivity contribution in [3.8, 4) is 0 Å². The van der Waals surface area contributed by atoms with Crippen LogP contribution in [0.2, 0.25) is 5.02 Å². The SMILES string of the molecule is CCOC(=O)c1cnc(SC)nc1N1C[C@@H](c2ccccc2)C(c2ccc(Cl)cc2)=N1. The van der Waals surface area contributed by atoms with Gasteiger partial charge in [-0.1, -0.05) is 65.8 Å². The largest absolute Gasteiger partial charge is 0.462 e. The number of hydrogen-bond donors (Lipinski definition) is 0. The number of nitrogens with zero attached hydrogens (tertiary/aromatic N) is 4. The lowest BCUT2D eigenvalue weighted by molar-refractivity contribution is 0.0526. The predicted octanol–water partition coefficient (Wildman–Crippen LogP) is 5.04. The van der Waals surface area contributed by atoms with E-state index in [1.807, 2.05) is 48.7 Å². The molecule has 6 nitrogen and oxygen atoms in total. The van der Waals surface area contributed by atoms with Crippen LogP contribution < -0.4 is 5.01 Å². The third kappa shape index (κ3) is 4.57. The second kappa shape index (κ2) is 9.49. The van der Waals surface area contributed by atoms with Crippen molar-refractivity contribution in [2.75, 3.05) is 24.4 Å². The van der Waals surface area contributed by atoms with Gasteiger partial charge in [0.25, 0.3) is 0 Å². The van der Waals surface area contributed by atoms with Crippen LogP contribution in [0.3, 0.4) is 0 Å². The Hall–Kier alpha value is -2.90. The van der Waals surface area contributed by atoms with Crippen LogP contribution >= 0.6 is 23.4 Å². The van der Waals surface area contributed by atoms with Gasteiger partial charge in [-0.05, 0) is 36.4 Å². The summed E-state index contributed by atoms with van der Waals surface area (Å²) in [6.45, 7) is 2.58. The third-order valence-electron chi connectivity index (χ3n) is 4.92. The molecule has 2 aromatic carbocycles. The Balaban J connectivity index is 1.80. The van der Waals surface area contributed by atoms with Gasteiger partial charge in [-0.3, -0.25) is 0 Å². The fourth-order valence-electron chi connectivity index (χ4n) is 3.47. The van der Waals surface area contributed by atoms with E-state index in [-0.39, 0.29) is 12.5 Å². The number of esters is 1. The third-order valence-corrected chi connectivity index (χ3v) is 5.74. The number of hydrogen-bond acceptors (Lipinski definition) is 7. The van der Waals surface area contributed by atoms with Crippen LogP contribution in [0.1, 0.15) is 34.3 Å². The molecule has 3 aromatic rings. The van der Waals surface area contributed by atoms with Crippen molar-refractivity contribution in [1.82, 2.24) is 9.97 Å². The molecule has 0 unspecified atom stereocenters. The molecule has 0 aliphatic carbocycles. The standard InChI is InChI=1S/C23H21ClN4O2S/c1-3-30-22(29)18-13-25-23(31-2)26-21(18)28-14-19(15-7-5-4-6-8-15)20(27-28)16-9-11-17(24)12-10-16/h4-13,19H,3,14H2,1-2H3/t19-/m0/s1. The van der Waals surface area contributed by atoms with Gasteiger partial charge in [0.1, 0.15) is 5.56 Å². The van der Waals surface area contributed by atoms with E-state index in [0.717, 1.165) is 16.8 Å². The Kier molecular flexibility index (Phi) is 6.53. The van der Waals surface area contributed by atoms with E-state index < -0.39 is 5.97 Å². The zero-order valence-electron chi connectivity index (χ0n) is 17.2. The molecular formula is C23H21ClN4O2S. The summed E-state index contributed by atoms with van der Waals surface area (Å²) >= 11 is 7.50. The first-order chi connectivity index (χ1) is 15.1. The highest BCUT2D eigenvalue weighted by molar-refractivity contribution is 7.98. The molecule has 1 aromatic heterocycles. The maximum atomic E-state index is 12.6. The summed E-state index contributed by atoms with van der Waals surface area (Å²) in [5.74, 6) is -0.00984. The summed E-state index contributed by atoms with van der Waals surface area (Å²) in [5.41, 5.74) is 3.29. The maximum absolute atomic E-state index is 12.6. The van der Waals surface area contributed by atoms with Crippen molar-refractivity contribution in [2.45, 2.75) is 18.0 Å². The summed E-state index contributed by atoms with van der Waals surface area (Å²) in [5, 5.41) is 7.90. The van der Waals surface area contributed by atoms with Crippen molar-refractivity contribution in [3.63, 3.8) is 0 Å². The van der Waals surface area contributed by atoms with Crippen LogP contribution in [-0.2, 0) is 4.74 Å². The van der Waals surface area contributed by atoms with Crippen molar-refractivity contribution in [1.29, 1.82) is 0 Å². The van der Waals surface area contributed by atoms with E-state index in [9.17, 15) is 4.79 Å². The Morgan fingerprint density at radius 3 is 2.61 bits per heavy atom. The Bertz CT molecular complexity index is 1110. The fourth-order valence-corrected chi connectivity index (χ4v) is 3.93. The molecule has 0 amide bonds. The molecule has 0 spiro atoms. The number of thioether (sulfide) groups is 1. The van der Waals surface area contributed by atoms with Crippen LogP contribution in [0.5, 0.6) is 0 Å². The van der Waals surface area contributed by atoms with Gasteiger partial charge in [-0.25, -0.2) is 19.8 Å². The van der Waals surface area contributed by atoms with Crippen LogP contribution in [0.15, 0.2) is 71.1 Å². The van der Waals surface area contributed by atoms with E-state index in [1.54, 1.807) is 11.9 Å². The second-order valence-electron chi connectivity index (χ2n) is 6.85. The van der Waals surface area contributed by atoms with Gasteiger partial charge in [-0.15, -0.1) is 0 Å². The number of aromatic nitrogens is 2. The fraction of sp³-hybridized carbons (Fsp3) is 0.217. The topological polar surface area (TPSA) is 67.7 Å². The molecule has 0 N–H and O–H groups in total. The zero-order chi connectivity index (χ0) is 21.8. The minimum absolute atomic E-state index is 0.00474. The van der Waals surface area contributed by atoms with E-state index in [1.165, 1.54) is 18.0 Å². The van der Waals surface area contributed by atoms with Gasteiger partial charge in [0.15, 0.2) is 11.0 Å². The highest BCUT2D eigenvalue weighted by Gasteiger charge is 2.33. The molecule has 0 saturated carbocycles. The number of benzene rings is 2. The predicted molar refractivity (Wildman–Crippen MR) is 124 cm³/mol. The lowest BCUT2D eigenvalue weighted by atomic mass is 9.91. The Morgan fingerprint density at radius 2 is 1.94 bits per heavy atom. The average molecular weight is 453 g/mol. The van der Waals surface area contributed by atoms with Crippen LogP contribution in [0.25, 0.3) is 0 Å². The van der Waals surface area contributed by atoms with Crippen molar-refractivity contribution >= 4 is 40.9 Å². The zero-order valence-corrected chi connectivity index (χ0v) is 18.7. The number of carbonyl (C=O) groups is 1. The lowest BCUT2D eigenvalue weighted by Gasteiger charge is -2.18. The summed E-state index contributed by atoms with van der Waals surface area (Å²) in [6, 6.07) is 17.8. The number of carbonyl (C=O) groups excluding carboxylic acids is 1. The minimum Gasteiger partial charge on any atom is -0.462 e. The number of hydrazone groups is 1. The first-order valence-electron chi connectivity index (χ1n) is 9.85. The smallest absolute Gasteiger partial charge is 0.343 e. The van der Waals surface area contributed by atoms with Gasteiger partial charge >= 0.3 is 5.97 Å². The molecule has 31 heavy (non-hydrogen) atoms. The van der Waals surface area contributed by atoms with Gasteiger partial charge in [0.2, 0.25) is 0 Å². The number of anilines is 1. The van der Waals surface area contributed by atoms with E-state index in [2.05, 4.69) is 22.1 Å². The monoisotopic (exact) mass is 452 g/mol. The molecular weight excluding hydrogens is 432 g/mol. The van der Waals surface area contributed by atoms with Gasteiger partial charge in [0, 0.05) is 17.1 Å². The molecule has 0 bridgehead atoms. The summed E-state index contributed by atoms with van der Waals surface area (Å²) < 4.78 is 5.22. The first-order valence-corrected chi connectivity index (χ1v) is 11.5. The van der Waals surface area contributed by atoms with E-state index in [0.29, 0.717) is 28.1 Å². The van der Waals surface area contributed by atoms with E-state index >= 15 is 0 Å². The van der Waals surface area contributed by atoms with Crippen LogP contribution in [0, 0.1) is 0 Å². The van der Waals surface area contributed by atoms with Gasteiger partial charge < -0.3 is 4.74 Å². The first kappa shape index (κ1) is 21.3. The molecule has 0 saturated heterocycles. The van der Waals surface area contributed by atoms with Crippen molar-refractivity contribution < 1.29 is 9.53 Å². The maximum Gasteiger partial charge on any atom is 0.343 e. The molecule has 158 valence electrons. The molecule has 1 atom stereocenters. The molecule has 4 rings (SSSR count). The second-order valence-corrected chi connectivity index (χ2v) is 8.06. The number of halogens is 1. The lowest BCUT2D eigenvalue weighted by Crippen LogP contribution is -2.22. The van der Waals surface area contributed by atoms with Crippen molar-refractivity contribution in [3.05, 3.63) is 82.5 Å². The highest BCUT2D eigenvalue weighted by atomic mass is 35.5. The van der Waals surface area contributed by atoms with E-state index in [4.69, 9.17) is 21.4 Å². The quantitative estimate of drug-likeness (QED) is 0.296. The van der Waals surface area contributed by atoms with Crippen molar-refractivity contribution in [2.24, 2.45) is 5.10 Å². The van der Waals surface area contributed by atoms with Gasteiger partial charge in [0.05, 0.1) is 18.9 Å². The summed E-state index contributed by atoms with van der Waals surface area (Å²) in [6.07, 6.45) is 3.40. The number of ether oxygens (including phenoxy) is 1. The summed E-state index contributed by atoms with van der Waals surface area (Å²) in [7, 11) is 0. The normalized spacial score (nSPS) is 15.6. The van der Waals surface area contributed by atoms with Gasteiger partial charge in [-0.2, -0.15) is 5.10 Å². The highest BCUT2D eigenvalue weighted by Crippen LogP contribution is 2.33. The van der Waals surface area contributed by atoms with Crippen LogP contribution in [0.4, 0.5) is 5.82 Å². The molecule has 0 radical (unpaired) electrons. The number of rotatable bonds is 6. The Morgan fingerprint density at radius 1 is 1.19 bits per heavy atom. The molecule has 8 heteroatoms. The molecule has 2 heterocycles. The Labute approximate surface area is 190 Å².